The van der Waals surface area contributed by atoms with E-state index in [1.54, 1.807) is 12.1 Å². The highest BCUT2D eigenvalue weighted by molar-refractivity contribution is 8.00. The van der Waals surface area contributed by atoms with Gasteiger partial charge in [-0.3, -0.25) is 9.59 Å². The summed E-state index contributed by atoms with van der Waals surface area (Å²) in [7, 11) is 0. The largest absolute Gasteiger partial charge is 0.481 e. The third kappa shape index (κ3) is 3.67. The van der Waals surface area contributed by atoms with Crippen molar-refractivity contribution in [3.63, 3.8) is 0 Å². The lowest BCUT2D eigenvalue weighted by atomic mass is 9.69. The maximum absolute atomic E-state index is 11.7. The van der Waals surface area contributed by atoms with Gasteiger partial charge < -0.3 is 10.4 Å². The molecule has 2 rings (SSSR count). The van der Waals surface area contributed by atoms with Crippen molar-refractivity contribution in [2.45, 2.75) is 24.2 Å². The van der Waals surface area contributed by atoms with E-state index in [9.17, 15) is 9.59 Å². The molecule has 1 saturated carbocycles. The summed E-state index contributed by atoms with van der Waals surface area (Å²) in [5.41, 5.74) is -0.736. The van der Waals surface area contributed by atoms with Crippen molar-refractivity contribution < 1.29 is 14.7 Å². The van der Waals surface area contributed by atoms with E-state index in [0.29, 0.717) is 17.9 Å². The molecule has 20 heavy (non-hydrogen) atoms. The predicted octanol–water partition coefficient (Wildman–Crippen LogP) is 2.80. The number of aliphatic carboxylic acids is 1. The number of carbonyl (C=O) groups is 2. The van der Waals surface area contributed by atoms with Crippen molar-refractivity contribution in [3.8, 4) is 0 Å². The van der Waals surface area contributed by atoms with Crippen molar-refractivity contribution in [3.05, 3.63) is 29.3 Å². The number of rotatable bonds is 6. The van der Waals surface area contributed by atoms with E-state index < -0.39 is 11.4 Å². The van der Waals surface area contributed by atoms with Crippen LogP contribution in [0.1, 0.15) is 19.3 Å². The Labute approximate surface area is 126 Å². The van der Waals surface area contributed by atoms with Crippen molar-refractivity contribution in [2.75, 3.05) is 12.3 Å². The predicted molar refractivity (Wildman–Crippen MR) is 79.1 cm³/mol. The molecule has 1 aliphatic carbocycles. The Balaban J connectivity index is 1.75. The van der Waals surface area contributed by atoms with Crippen LogP contribution >= 0.6 is 23.4 Å². The summed E-state index contributed by atoms with van der Waals surface area (Å²) in [6.07, 6.45) is 2.21. The van der Waals surface area contributed by atoms with Crippen LogP contribution in [0.3, 0.4) is 0 Å². The molecule has 0 atom stereocenters. The summed E-state index contributed by atoms with van der Waals surface area (Å²) in [4.78, 5) is 23.9. The second-order valence-corrected chi connectivity index (χ2v) is 6.44. The zero-order valence-electron chi connectivity index (χ0n) is 10.9. The molecule has 2 N–H and O–H groups in total. The fraction of sp³-hybridized carbons (Fsp3) is 0.429. The van der Waals surface area contributed by atoms with Crippen LogP contribution in [0, 0.1) is 5.41 Å². The van der Waals surface area contributed by atoms with E-state index >= 15 is 0 Å². The zero-order valence-corrected chi connectivity index (χ0v) is 12.5. The first-order valence-corrected chi connectivity index (χ1v) is 7.77. The Morgan fingerprint density at radius 2 is 1.95 bits per heavy atom. The quantitative estimate of drug-likeness (QED) is 0.793. The molecule has 0 radical (unpaired) electrons. The molecule has 1 amide bonds. The molecule has 108 valence electrons. The first kappa shape index (κ1) is 15.2. The standard InChI is InChI=1S/C14H16ClNO3S/c15-10-2-4-11(5-3-10)20-8-12(17)16-9-14(13(18)19)6-1-7-14/h2-5H,1,6-9H2,(H,16,17)(H,18,19). The molecule has 0 bridgehead atoms. The molecular weight excluding hydrogens is 298 g/mol. The van der Waals surface area contributed by atoms with Gasteiger partial charge in [0.2, 0.25) is 5.91 Å². The number of benzene rings is 1. The number of carboxylic acid groups (broad SMARTS) is 1. The summed E-state index contributed by atoms with van der Waals surface area (Å²) in [5.74, 6) is -0.677. The lowest BCUT2D eigenvalue weighted by Gasteiger charge is -2.37. The van der Waals surface area contributed by atoms with Gasteiger partial charge in [-0.25, -0.2) is 0 Å². The molecule has 0 saturated heterocycles. The van der Waals surface area contributed by atoms with Gasteiger partial charge >= 0.3 is 5.97 Å². The van der Waals surface area contributed by atoms with Crippen LogP contribution in [0.4, 0.5) is 0 Å². The molecule has 0 aliphatic heterocycles. The molecule has 6 heteroatoms. The van der Waals surface area contributed by atoms with Gasteiger partial charge in [0.15, 0.2) is 0 Å². The summed E-state index contributed by atoms with van der Waals surface area (Å²) >= 11 is 7.19. The topological polar surface area (TPSA) is 66.4 Å². The molecule has 4 nitrogen and oxygen atoms in total. The fourth-order valence-electron chi connectivity index (χ4n) is 2.07. The number of thioether (sulfide) groups is 1. The molecule has 0 spiro atoms. The van der Waals surface area contributed by atoms with Crippen LogP contribution in [0.2, 0.25) is 5.02 Å². The van der Waals surface area contributed by atoms with E-state index in [1.807, 2.05) is 12.1 Å². The van der Waals surface area contributed by atoms with E-state index in [0.717, 1.165) is 11.3 Å². The average Bonchev–Trinajstić information content (AvgIpc) is 2.36. The molecule has 1 aromatic rings. The SMILES string of the molecule is O=C(CSc1ccc(Cl)cc1)NCC1(C(=O)O)CCC1. The zero-order chi connectivity index (χ0) is 14.6. The monoisotopic (exact) mass is 313 g/mol. The molecule has 0 heterocycles. The molecular formula is C14H16ClNO3S. The number of amides is 1. The van der Waals surface area contributed by atoms with Gasteiger partial charge in [0, 0.05) is 16.5 Å². The van der Waals surface area contributed by atoms with Gasteiger partial charge in [-0.1, -0.05) is 18.0 Å². The molecule has 0 unspecified atom stereocenters. The van der Waals surface area contributed by atoms with E-state index in [1.165, 1.54) is 11.8 Å². The lowest BCUT2D eigenvalue weighted by Crippen LogP contribution is -2.47. The Morgan fingerprint density at radius 3 is 2.45 bits per heavy atom. The Bertz CT molecular complexity index is 500. The van der Waals surface area contributed by atoms with Crippen molar-refractivity contribution in [1.29, 1.82) is 0 Å². The minimum atomic E-state index is -0.811. The van der Waals surface area contributed by atoms with Gasteiger partial charge in [-0.15, -0.1) is 11.8 Å². The van der Waals surface area contributed by atoms with Crippen LogP contribution in [0.15, 0.2) is 29.2 Å². The second kappa shape index (κ2) is 6.50. The van der Waals surface area contributed by atoms with Gasteiger partial charge in [0.1, 0.15) is 0 Å². The van der Waals surface area contributed by atoms with E-state index in [-0.39, 0.29) is 18.2 Å². The number of nitrogens with one attached hydrogen (secondary N) is 1. The summed E-state index contributed by atoms with van der Waals surface area (Å²) in [6, 6.07) is 7.25. The number of hydrogen-bond donors (Lipinski definition) is 2. The van der Waals surface area contributed by atoms with E-state index in [2.05, 4.69) is 5.32 Å². The van der Waals surface area contributed by atoms with Gasteiger partial charge in [0.25, 0.3) is 0 Å². The highest BCUT2D eigenvalue weighted by Crippen LogP contribution is 2.40. The number of hydrogen-bond acceptors (Lipinski definition) is 3. The maximum Gasteiger partial charge on any atom is 0.311 e. The first-order valence-electron chi connectivity index (χ1n) is 6.40. The average molecular weight is 314 g/mol. The van der Waals surface area contributed by atoms with Gasteiger partial charge in [0.05, 0.1) is 11.2 Å². The highest BCUT2D eigenvalue weighted by atomic mass is 35.5. The molecule has 1 fully saturated rings. The Morgan fingerprint density at radius 1 is 1.30 bits per heavy atom. The number of carboxylic acids is 1. The molecule has 1 aliphatic rings. The normalized spacial score (nSPS) is 16.2. The molecule has 0 aromatic heterocycles. The van der Waals surface area contributed by atoms with Crippen LogP contribution < -0.4 is 5.32 Å². The summed E-state index contributed by atoms with van der Waals surface area (Å²) in [5, 5.41) is 12.5. The van der Waals surface area contributed by atoms with Crippen LogP contribution in [0.5, 0.6) is 0 Å². The Hall–Kier alpha value is -1.20. The smallest absolute Gasteiger partial charge is 0.311 e. The molecule has 1 aromatic carbocycles. The van der Waals surface area contributed by atoms with Crippen molar-refractivity contribution in [2.24, 2.45) is 5.41 Å². The van der Waals surface area contributed by atoms with Crippen LogP contribution in [-0.2, 0) is 9.59 Å². The summed E-state index contributed by atoms with van der Waals surface area (Å²) < 4.78 is 0. The number of carbonyl (C=O) groups excluding carboxylic acids is 1. The van der Waals surface area contributed by atoms with Gasteiger partial charge in [-0.2, -0.15) is 0 Å². The minimum Gasteiger partial charge on any atom is -0.481 e. The third-order valence-electron chi connectivity index (χ3n) is 3.57. The van der Waals surface area contributed by atoms with Crippen LogP contribution in [0.25, 0.3) is 0 Å². The summed E-state index contributed by atoms with van der Waals surface area (Å²) in [6.45, 7) is 0.225. The van der Waals surface area contributed by atoms with E-state index in [4.69, 9.17) is 16.7 Å². The fourth-order valence-corrected chi connectivity index (χ4v) is 2.92. The second-order valence-electron chi connectivity index (χ2n) is 4.96. The van der Waals surface area contributed by atoms with Crippen LogP contribution in [-0.4, -0.2) is 29.3 Å². The van der Waals surface area contributed by atoms with Crippen molar-refractivity contribution in [1.82, 2.24) is 5.32 Å². The third-order valence-corrected chi connectivity index (χ3v) is 4.84. The highest BCUT2D eigenvalue weighted by Gasteiger charge is 2.44. The number of halogens is 1. The Kier molecular flexibility index (Phi) is 4.94. The van der Waals surface area contributed by atoms with Gasteiger partial charge in [-0.05, 0) is 37.1 Å². The minimum absolute atomic E-state index is 0.141. The maximum atomic E-state index is 11.7. The first-order chi connectivity index (χ1) is 9.52. The van der Waals surface area contributed by atoms with Crippen molar-refractivity contribution >= 4 is 35.2 Å². The lowest BCUT2D eigenvalue weighted by molar-refractivity contribution is -0.154.